The Labute approximate surface area is 188 Å². The van der Waals surface area contributed by atoms with Crippen molar-refractivity contribution in [2.75, 3.05) is 6.79 Å². The smallest absolute Gasteiger partial charge is 0.299 e. The van der Waals surface area contributed by atoms with Crippen molar-refractivity contribution >= 4 is 22.1 Å². The highest BCUT2D eigenvalue weighted by atomic mass is 16.7. The van der Waals surface area contributed by atoms with Gasteiger partial charge < -0.3 is 9.47 Å². The number of nitrogens with one attached hydrogen (secondary N) is 1. The Morgan fingerprint density at radius 1 is 0.758 bits per heavy atom. The second kappa shape index (κ2) is 7.80. The Morgan fingerprint density at radius 3 is 2.42 bits per heavy atom. The second-order valence-corrected chi connectivity index (χ2v) is 7.61. The van der Waals surface area contributed by atoms with Crippen LogP contribution in [-0.4, -0.2) is 16.6 Å². The van der Waals surface area contributed by atoms with Gasteiger partial charge in [0, 0.05) is 11.6 Å². The molecule has 0 amide bonds. The topological polar surface area (TPSA) is 81.0 Å². The molecule has 0 saturated heterocycles. The van der Waals surface area contributed by atoms with Crippen molar-refractivity contribution in [3.05, 3.63) is 101 Å². The molecule has 33 heavy (non-hydrogen) atoms. The largest absolute Gasteiger partial charge is 0.454 e. The van der Waals surface area contributed by atoms with E-state index < -0.39 is 0 Å². The molecule has 0 aliphatic carbocycles. The standard InChI is InChI=1S/C26H18N4O3/c31-26-25(28-27-20-11-13-22-23(15-20)33-16-32-22)24(18-7-2-1-3-8-18)29-30(26)21-12-10-17-6-4-5-9-19(17)14-21/h1-15,29H,16H2. The zero-order valence-electron chi connectivity index (χ0n) is 17.4. The highest BCUT2D eigenvalue weighted by molar-refractivity contribution is 5.84. The molecule has 5 aromatic rings. The minimum absolute atomic E-state index is 0.183. The molecule has 1 aliphatic heterocycles. The van der Waals surface area contributed by atoms with Gasteiger partial charge >= 0.3 is 0 Å². The normalized spacial score (nSPS) is 12.6. The lowest BCUT2D eigenvalue weighted by Gasteiger charge is -2.04. The lowest BCUT2D eigenvalue weighted by Crippen LogP contribution is -2.13. The Hall–Kier alpha value is -4.65. The maximum atomic E-state index is 13.4. The number of hydrogen-bond donors (Lipinski definition) is 1. The van der Waals surface area contributed by atoms with Gasteiger partial charge in [0.25, 0.3) is 5.56 Å². The van der Waals surface area contributed by atoms with E-state index in [4.69, 9.17) is 9.47 Å². The summed E-state index contributed by atoms with van der Waals surface area (Å²) >= 11 is 0. The van der Waals surface area contributed by atoms with Crippen LogP contribution in [0.25, 0.3) is 27.7 Å². The zero-order chi connectivity index (χ0) is 22.2. The van der Waals surface area contributed by atoms with E-state index in [2.05, 4.69) is 15.3 Å². The summed E-state index contributed by atoms with van der Waals surface area (Å²) in [6.07, 6.45) is 0. The van der Waals surface area contributed by atoms with Crippen LogP contribution in [0.3, 0.4) is 0 Å². The number of ether oxygens (including phenoxy) is 2. The number of aromatic amines is 1. The third kappa shape index (κ3) is 3.45. The average Bonchev–Trinajstić information content (AvgIpc) is 3.47. The molecule has 0 bridgehead atoms. The maximum Gasteiger partial charge on any atom is 0.299 e. The van der Waals surface area contributed by atoms with E-state index in [0.29, 0.717) is 22.9 Å². The Bertz CT molecular complexity index is 1570. The molecule has 4 aromatic carbocycles. The lowest BCUT2D eigenvalue weighted by molar-refractivity contribution is 0.174. The van der Waals surface area contributed by atoms with E-state index in [1.807, 2.05) is 72.8 Å². The maximum absolute atomic E-state index is 13.4. The molecule has 0 atom stereocenters. The first-order valence-corrected chi connectivity index (χ1v) is 10.5. The number of rotatable bonds is 4. The van der Waals surface area contributed by atoms with E-state index in [0.717, 1.165) is 22.0 Å². The van der Waals surface area contributed by atoms with Gasteiger partial charge in [-0.2, -0.15) is 5.11 Å². The number of fused-ring (bicyclic) bond motifs is 2. The molecular formula is C26H18N4O3. The van der Waals surface area contributed by atoms with Crippen LogP contribution < -0.4 is 15.0 Å². The summed E-state index contributed by atoms with van der Waals surface area (Å²) in [4.78, 5) is 13.4. The number of aromatic nitrogens is 2. The van der Waals surface area contributed by atoms with E-state index in [1.165, 1.54) is 4.68 Å². The van der Waals surface area contributed by atoms with Gasteiger partial charge in [-0.1, -0.05) is 60.7 Å². The first-order chi connectivity index (χ1) is 16.3. The predicted octanol–water partition coefficient (Wildman–Crippen LogP) is 6.13. The van der Waals surface area contributed by atoms with E-state index >= 15 is 0 Å². The fourth-order valence-electron chi connectivity index (χ4n) is 3.88. The first-order valence-electron chi connectivity index (χ1n) is 10.5. The summed E-state index contributed by atoms with van der Waals surface area (Å²) in [5, 5.41) is 14.0. The van der Waals surface area contributed by atoms with Gasteiger partial charge in [-0.15, -0.1) is 5.11 Å². The minimum atomic E-state index is -0.284. The van der Waals surface area contributed by atoms with Crippen molar-refractivity contribution in [1.29, 1.82) is 0 Å². The van der Waals surface area contributed by atoms with Crippen LogP contribution >= 0.6 is 0 Å². The van der Waals surface area contributed by atoms with Crippen molar-refractivity contribution in [2.24, 2.45) is 10.2 Å². The minimum Gasteiger partial charge on any atom is -0.454 e. The van der Waals surface area contributed by atoms with Crippen molar-refractivity contribution in [3.8, 4) is 28.4 Å². The molecule has 1 N–H and O–H groups in total. The first kappa shape index (κ1) is 19.1. The summed E-state index contributed by atoms with van der Waals surface area (Å²) in [7, 11) is 0. The number of benzene rings is 4. The van der Waals surface area contributed by atoms with Crippen LogP contribution in [0.2, 0.25) is 0 Å². The molecule has 0 radical (unpaired) electrons. The SMILES string of the molecule is O=c1c(N=Nc2ccc3c(c2)OCO3)c(-c2ccccc2)[nH]n1-c1ccc2ccccc2c1. The molecule has 6 rings (SSSR count). The third-order valence-electron chi connectivity index (χ3n) is 5.54. The summed E-state index contributed by atoms with van der Waals surface area (Å²) in [5.74, 6) is 1.27. The molecule has 0 spiro atoms. The summed E-state index contributed by atoms with van der Waals surface area (Å²) in [6, 6.07) is 28.8. The molecular weight excluding hydrogens is 416 g/mol. The summed E-state index contributed by atoms with van der Waals surface area (Å²) < 4.78 is 12.3. The van der Waals surface area contributed by atoms with Crippen LogP contribution in [0.4, 0.5) is 11.4 Å². The molecule has 2 heterocycles. The third-order valence-corrected chi connectivity index (χ3v) is 5.54. The summed E-state index contributed by atoms with van der Waals surface area (Å²) in [6.45, 7) is 0.183. The van der Waals surface area contributed by atoms with Crippen LogP contribution in [0.15, 0.2) is 106 Å². The lowest BCUT2D eigenvalue weighted by atomic mass is 10.1. The van der Waals surface area contributed by atoms with Crippen molar-refractivity contribution in [3.63, 3.8) is 0 Å². The number of azo groups is 1. The molecule has 0 fully saturated rings. The highest BCUT2D eigenvalue weighted by Gasteiger charge is 2.18. The second-order valence-electron chi connectivity index (χ2n) is 7.61. The van der Waals surface area contributed by atoms with Crippen molar-refractivity contribution in [2.45, 2.75) is 0 Å². The van der Waals surface area contributed by atoms with Gasteiger partial charge in [0.05, 0.1) is 17.1 Å². The van der Waals surface area contributed by atoms with Crippen LogP contribution in [-0.2, 0) is 0 Å². The van der Waals surface area contributed by atoms with Gasteiger partial charge in [0.1, 0.15) is 0 Å². The van der Waals surface area contributed by atoms with E-state index in [-0.39, 0.29) is 18.0 Å². The van der Waals surface area contributed by atoms with Gasteiger partial charge in [-0.25, -0.2) is 4.68 Å². The Morgan fingerprint density at radius 2 is 1.55 bits per heavy atom. The molecule has 160 valence electrons. The average molecular weight is 434 g/mol. The van der Waals surface area contributed by atoms with Gasteiger partial charge in [0.15, 0.2) is 17.2 Å². The molecule has 7 nitrogen and oxygen atoms in total. The number of H-pyrrole nitrogens is 1. The monoisotopic (exact) mass is 434 g/mol. The molecule has 0 unspecified atom stereocenters. The van der Waals surface area contributed by atoms with Crippen molar-refractivity contribution < 1.29 is 9.47 Å². The Kier molecular flexibility index (Phi) is 4.51. The van der Waals surface area contributed by atoms with Gasteiger partial charge in [-0.3, -0.25) is 9.89 Å². The molecule has 7 heteroatoms. The number of hydrogen-bond acceptors (Lipinski definition) is 5. The highest BCUT2D eigenvalue weighted by Crippen LogP contribution is 2.36. The fourth-order valence-corrected chi connectivity index (χ4v) is 3.88. The van der Waals surface area contributed by atoms with Gasteiger partial charge in [-0.05, 0) is 35.0 Å². The number of nitrogens with zero attached hydrogens (tertiary/aromatic N) is 3. The fraction of sp³-hybridized carbons (Fsp3) is 0.0385. The van der Waals surface area contributed by atoms with Crippen LogP contribution in [0.5, 0.6) is 11.5 Å². The predicted molar refractivity (Wildman–Crippen MR) is 126 cm³/mol. The van der Waals surface area contributed by atoms with E-state index in [9.17, 15) is 4.79 Å². The van der Waals surface area contributed by atoms with Gasteiger partial charge in [0.2, 0.25) is 6.79 Å². The van der Waals surface area contributed by atoms with Crippen molar-refractivity contribution in [1.82, 2.24) is 9.78 Å². The zero-order valence-corrected chi connectivity index (χ0v) is 17.4. The van der Waals surface area contributed by atoms with Crippen LogP contribution in [0.1, 0.15) is 0 Å². The van der Waals surface area contributed by atoms with E-state index in [1.54, 1.807) is 18.2 Å². The quantitative estimate of drug-likeness (QED) is 0.346. The Balaban J connectivity index is 1.47. The molecule has 1 aliphatic rings. The molecule has 1 aromatic heterocycles. The summed E-state index contributed by atoms with van der Waals surface area (Å²) in [5.41, 5.74) is 2.67. The molecule has 0 saturated carbocycles. The van der Waals surface area contributed by atoms with Crippen LogP contribution in [0, 0.1) is 0 Å².